The summed E-state index contributed by atoms with van der Waals surface area (Å²) < 4.78 is 11.3. The van der Waals surface area contributed by atoms with Gasteiger partial charge in [0.15, 0.2) is 5.75 Å². The molecule has 0 aliphatic heterocycles. The zero-order valence-electron chi connectivity index (χ0n) is 16.5. The first-order valence-electron chi connectivity index (χ1n) is 9.62. The van der Waals surface area contributed by atoms with Gasteiger partial charge in [0.2, 0.25) is 11.8 Å². The molecule has 6 heteroatoms. The van der Waals surface area contributed by atoms with Crippen LogP contribution in [-0.4, -0.2) is 25.0 Å². The number of hydrogen-bond donors (Lipinski definition) is 2. The fraction of sp³-hybridized carbons (Fsp3) is 0.364. The third kappa shape index (κ3) is 7.70. The topological polar surface area (TPSA) is 76.7 Å². The summed E-state index contributed by atoms with van der Waals surface area (Å²) in [6.07, 6.45) is 2.95. The molecule has 6 nitrogen and oxygen atoms in total. The van der Waals surface area contributed by atoms with Crippen LogP contribution < -0.4 is 20.1 Å². The van der Waals surface area contributed by atoms with E-state index in [1.54, 1.807) is 0 Å². The molecule has 0 heterocycles. The first-order valence-corrected chi connectivity index (χ1v) is 9.62. The van der Waals surface area contributed by atoms with E-state index in [1.165, 1.54) is 6.92 Å². The number of nitrogens with one attached hydrogen (secondary N) is 2. The Hall–Kier alpha value is -3.02. The van der Waals surface area contributed by atoms with Crippen LogP contribution in [0.15, 0.2) is 48.5 Å². The molecule has 2 aromatic rings. The van der Waals surface area contributed by atoms with Crippen LogP contribution >= 0.6 is 0 Å². The molecular formula is C22H28N2O4. The number of hydrogen-bond acceptors (Lipinski definition) is 4. The molecule has 0 radical (unpaired) electrons. The molecule has 0 atom stereocenters. The van der Waals surface area contributed by atoms with Gasteiger partial charge in [-0.3, -0.25) is 9.59 Å². The minimum atomic E-state index is -0.0535. The Bertz CT molecular complexity index is 759. The van der Waals surface area contributed by atoms with Crippen molar-refractivity contribution in [3.8, 4) is 17.2 Å². The monoisotopic (exact) mass is 384 g/mol. The van der Waals surface area contributed by atoms with E-state index in [0.29, 0.717) is 36.8 Å². The smallest absolute Gasteiger partial charge is 0.224 e. The summed E-state index contributed by atoms with van der Waals surface area (Å²) in [6, 6.07) is 14.7. The zero-order valence-corrected chi connectivity index (χ0v) is 16.5. The van der Waals surface area contributed by atoms with Crippen molar-refractivity contribution in [2.45, 2.75) is 39.5 Å². The highest BCUT2D eigenvalue weighted by Crippen LogP contribution is 2.30. The van der Waals surface area contributed by atoms with Gasteiger partial charge >= 0.3 is 0 Å². The number of anilines is 1. The molecule has 2 N–H and O–H groups in total. The van der Waals surface area contributed by atoms with Crippen LogP contribution in [0.5, 0.6) is 17.2 Å². The Labute approximate surface area is 166 Å². The lowest BCUT2D eigenvalue weighted by Crippen LogP contribution is -2.20. The van der Waals surface area contributed by atoms with Gasteiger partial charge in [-0.25, -0.2) is 0 Å². The van der Waals surface area contributed by atoms with Crippen molar-refractivity contribution < 1.29 is 19.1 Å². The minimum absolute atomic E-state index is 0.0260. The van der Waals surface area contributed by atoms with Gasteiger partial charge in [0, 0.05) is 19.9 Å². The molecule has 0 fully saturated rings. The predicted molar refractivity (Wildman–Crippen MR) is 110 cm³/mol. The summed E-state index contributed by atoms with van der Waals surface area (Å²) in [5.41, 5.74) is 0.639. The quantitative estimate of drug-likeness (QED) is 0.559. The molecule has 2 rings (SSSR count). The SMILES string of the molecule is CCOc1ccc(Oc2ccccc2NC(=O)CCCCCNC(C)=O)cc1. The fourth-order valence-electron chi connectivity index (χ4n) is 2.62. The highest BCUT2D eigenvalue weighted by molar-refractivity contribution is 5.92. The van der Waals surface area contributed by atoms with E-state index in [-0.39, 0.29) is 11.8 Å². The second-order valence-corrected chi connectivity index (χ2v) is 6.34. The molecule has 150 valence electrons. The van der Waals surface area contributed by atoms with Gasteiger partial charge in [0.1, 0.15) is 11.5 Å². The van der Waals surface area contributed by atoms with E-state index in [4.69, 9.17) is 9.47 Å². The number of unbranched alkanes of at least 4 members (excludes halogenated alkanes) is 2. The van der Waals surface area contributed by atoms with Crippen LogP contribution in [-0.2, 0) is 9.59 Å². The molecule has 0 bridgehead atoms. The number of benzene rings is 2. The molecule has 0 aromatic heterocycles. The van der Waals surface area contributed by atoms with Crippen LogP contribution in [0.3, 0.4) is 0 Å². The summed E-state index contributed by atoms with van der Waals surface area (Å²) in [4.78, 5) is 23.0. The maximum atomic E-state index is 12.2. The lowest BCUT2D eigenvalue weighted by molar-refractivity contribution is -0.119. The van der Waals surface area contributed by atoms with Gasteiger partial charge in [0.05, 0.1) is 12.3 Å². The van der Waals surface area contributed by atoms with Crippen molar-refractivity contribution in [2.75, 3.05) is 18.5 Å². The maximum Gasteiger partial charge on any atom is 0.224 e. The minimum Gasteiger partial charge on any atom is -0.494 e. The summed E-state index contributed by atoms with van der Waals surface area (Å²) >= 11 is 0. The van der Waals surface area contributed by atoms with E-state index in [0.717, 1.165) is 25.0 Å². The number of amides is 2. The van der Waals surface area contributed by atoms with E-state index in [9.17, 15) is 9.59 Å². The van der Waals surface area contributed by atoms with E-state index in [2.05, 4.69) is 10.6 Å². The highest BCUT2D eigenvalue weighted by atomic mass is 16.5. The van der Waals surface area contributed by atoms with Crippen molar-refractivity contribution >= 4 is 17.5 Å². The number of carbonyl (C=O) groups excluding carboxylic acids is 2. The number of ether oxygens (including phenoxy) is 2. The number of para-hydroxylation sites is 2. The first kappa shape index (κ1) is 21.3. The molecule has 2 aromatic carbocycles. The molecule has 0 unspecified atom stereocenters. The second kappa shape index (κ2) is 11.6. The zero-order chi connectivity index (χ0) is 20.2. The highest BCUT2D eigenvalue weighted by Gasteiger charge is 2.08. The van der Waals surface area contributed by atoms with E-state index >= 15 is 0 Å². The normalized spacial score (nSPS) is 10.2. The van der Waals surface area contributed by atoms with Crippen LogP contribution in [0.4, 0.5) is 5.69 Å². The lowest BCUT2D eigenvalue weighted by atomic mass is 10.2. The van der Waals surface area contributed by atoms with Gasteiger partial charge in [0.25, 0.3) is 0 Å². The van der Waals surface area contributed by atoms with Gasteiger partial charge in [-0.2, -0.15) is 0 Å². The lowest BCUT2D eigenvalue weighted by Gasteiger charge is -2.13. The van der Waals surface area contributed by atoms with Crippen LogP contribution in [0, 0.1) is 0 Å². The Morgan fingerprint density at radius 3 is 2.36 bits per heavy atom. The number of carbonyl (C=O) groups is 2. The van der Waals surface area contributed by atoms with E-state index in [1.807, 2.05) is 55.5 Å². The first-order chi connectivity index (χ1) is 13.6. The Morgan fingerprint density at radius 1 is 0.929 bits per heavy atom. The Kier molecular flexibility index (Phi) is 8.85. The van der Waals surface area contributed by atoms with Gasteiger partial charge in [-0.05, 0) is 56.2 Å². The fourth-order valence-corrected chi connectivity index (χ4v) is 2.62. The summed E-state index contributed by atoms with van der Waals surface area (Å²) in [5, 5.41) is 5.66. The summed E-state index contributed by atoms with van der Waals surface area (Å²) in [7, 11) is 0. The Morgan fingerprint density at radius 2 is 1.64 bits per heavy atom. The number of rotatable bonds is 11. The summed E-state index contributed by atoms with van der Waals surface area (Å²) in [5.74, 6) is 1.97. The average molecular weight is 384 g/mol. The molecule has 0 saturated heterocycles. The molecule has 2 amide bonds. The molecule has 0 saturated carbocycles. The van der Waals surface area contributed by atoms with Crippen molar-refractivity contribution in [2.24, 2.45) is 0 Å². The molecule has 28 heavy (non-hydrogen) atoms. The van der Waals surface area contributed by atoms with Crippen LogP contribution in [0.1, 0.15) is 39.5 Å². The maximum absolute atomic E-state index is 12.2. The van der Waals surface area contributed by atoms with E-state index < -0.39 is 0 Å². The van der Waals surface area contributed by atoms with Crippen molar-refractivity contribution in [3.63, 3.8) is 0 Å². The van der Waals surface area contributed by atoms with Crippen LogP contribution in [0.25, 0.3) is 0 Å². The molecule has 0 aliphatic rings. The predicted octanol–water partition coefficient (Wildman–Crippen LogP) is 4.51. The third-order valence-corrected chi connectivity index (χ3v) is 3.98. The molecule has 0 spiro atoms. The van der Waals surface area contributed by atoms with Gasteiger partial charge in [-0.15, -0.1) is 0 Å². The van der Waals surface area contributed by atoms with Gasteiger partial charge in [-0.1, -0.05) is 18.6 Å². The van der Waals surface area contributed by atoms with Crippen LogP contribution in [0.2, 0.25) is 0 Å². The van der Waals surface area contributed by atoms with Crippen molar-refractivity contribution in [1.29, 1.82) is 0 Å². The summed E-state index contributed by atoms with van der Waals surface area (Å²) in [6.45, 7) is 4.70. The molecular weight excluding hydrogens is 356 g/mol. The van der Waals surface area contributed by atoms with Crippen molar-refractivity contribution in [1.82, 2.24) is 5.32 Å². The molecule has 0 aliphatic carbocycles. The standard InChI is InChI=1S/C22H28N2O4/c1-3-27-18-12-14-19(15-13-18)28-21-10-7-6-9-20(21)24-22(26)11-5-4-8-16-23-17(2)25/h6-7,9-10,12-15H,3-5,8,11,16H2,1-2H3,(H,23,25)(H,24,26). The largest absolute Gasteiger partial charge is 0.494 e. The Balaban J connectivity index is 1.83. The second-order valence-electron chi connectivity index (χ2n) is 6.34. The van der Waals surface area contributed by atoms with Crippen molar-refractivity contribution in [3.05, 3.63) is 48.5 Å². The van der Waals surface area contributed by atoms with Gasteiger partial charge < -0.3 is 20.1 Å². The average Bonchev–Trinajstić information content (AvgIpc) is 2.67. The third-order valence-electron chi connectivity index (χ3n) is 3.98.